The number of hydrogen-bond acceptors (Lipinski definition) is 3. The van der Waals surface area contributed by atoms with Crippen molar-refractivity contribution >= 4 is 11.8 Å². The maximum Gasteiger partial charge on any atom is 0.309 e. The molecule has 4 nitrogen and oxygen atoms in total. The number of allylic oxidation sites excluding steroid dienone is 1. The van der Waals surface area contributed by atoms with Crippen LogP contribution in [0.25, 0.3) is 0 Å². The van der Waals surface area contributed by atoms with Crippen molar-refractivity contribution in [1.29, 1.82) is 0 Å². The maximum absolute atomic E-state index is 12.9. The second-order valence-electron chi connectivity index (χ2n) is 14.4. The summed E-state index contributed by atoms with van der Waals surface area (Å²) in [5.74, 6) is 0.916. The van der Waals surface area contributed by atoms with Gasteiger partial charge in [-0.3, -0.25) is 9.59 Å². The summed E-state index contributed by atoms with van der Waals surface area (Å²) in [5, 5.41) is 22.2. The summed E-state index contributed by atoms with van der Waals surface area (Å²) in [4.78, 5) is 25.7. The van der Waals surface area contributed by atoms with Gasteiger partial charge in [-0.05, 0) is 98.2 Å². The normalized spacial score (nSPS) is 53.8. The van der Waals surface area contributed by atoms with Crippen molar-refractivity contribution in [3.8, 4) is 0 Å². The van der Waals surface area contributed by atoms with Crippen LogP contribution in [0.1, 0.15) is 99.3 Å². The molecule has 0 spiro atoms. The predicted octanol–water partition coefficient (Wildman–Crippen LogP) is 6.27. The van der Waals surface area contributed by atoms with E-state index in [1.165, 1.54) is 0 Å². The van der Waals surface area contributed by atoms with Crippen LogP contribution < -0.4 is 0 Å². The van der Waals surface area contributed by atoms with Crippen LogP contribution in [0.15, 0.2) is 12.2 Å². The summed E-state index contributed by atoms with van der Waals surface area (Å²) in [5.41, 5.74) is -0.110. The van der Waals surface area contributed by atoms with E-state index in [2.05, 4.69) is 48.1 Å². The molecule has 5 fully saturated rings. The summed E-state index contributed by atoms with van der Waals surface area (Å²) >= 11 is 0. The van der Waals surface area contributed by atoms with Crippen molar-refractivity contribution in [2.24, 2.45) is 56.7 Å². The lowest BCUT2D eigenvalue weighted by atomic mass is 9.32. The van der Waals surface area contributed by atoms with Crippen molar-refractivity contribution < 1.29 is 19.8 Å². The number of rotatable bonds is 2. The van der Waals surface area contributed by atoms with E-state index in [4.69, 9.17) is 0 Å². The number of carbonyl (C=O) groups is 2. The molecule has 0 unspecified atom stereocenters. The van der Waals surface area contributed by atoms with Gasteiger partial charge < -0.3 is 10.2 Å². The molecule has 4 heteroatoms. The first-order valence-corrected chi connectivity index (χ1v) is 13.8. The molecule has 0 aromatic heterocycles. The van der Waals surface area contributed by atoms with E-state index < -0.39 is 22.9 Å². The van der Waals surface area contributed by atoms with Gasteiger partial charge in [0.05, 0.1) is 11.5 Å². The monoisotopic (exact) mass is 470 g/mol. The first-order valence-electron chi connectivity index (χ1n) is 13.8. The quantitative estimate of drug-likeness (QED) is 0.467. The molecule has 2 N–H and O–H groups in total. The predicted molar refractivity (Wildman–Crippen MR) is 133 cm³/mol. The third kappa shape index (κ3) is 2.70. The first-order chi connectivity index (χ1) is 15.7. The highest BCUT2D eigenvalue weighted by Crippen LogP contribution is 2.77. The number of carboxylic acid groups (broad SMARTS) is 1. The third-order valence-corrected chi connectivity index (χ3v) is 13.1. The van der Waals surface area contributed by atoms with Crippen molar-refractivity contribution in [3.05, 3.63) is 12.2 Å². The Morgan fingerprint density at radius 3 is 2.26 bits per heavy atom. The Morgan fingerprint density at radius 1 is 0.971 bits per heavy atom. The van der Waals surface area contributed by atoms with E-state index in [0.29, 0.717) is 24.0 Å². The molecule has 5 aliphatic carbocycles. The zero-order valence-corrected chi connectivity index (χ0v) is 22.2. The van der Waals surface area contributed by atoms with Gasteiger partial charge in [-0.15, -0.1) is 0 Å². The summed E-state index contributed by atoms with van der Waals surface area (Å²) in [6.07, 6.45) is 7.24. The number of Topliss-reactive ketones (excluding diaryl/α,β-unsaturated/α-hetero) is 1. The van der Waals surface area contributed by atoms with Crippen molar-refractivity contribution in [2.75, 3.05) is 0 Å². The molecule has 0 aliphatic heterocycles. The largest absolute Gasteiger partial charge is 0.481 e. The second-order valence-corrected chi connectivity index (χ2v) is 14.4. The molecule has 0 aromatic rings. The highest BCUT2D eigenvalue weighted by Gasteiger charge is 2.73. The van der Waals surface area contributed by atoms with Crippen LogP contribution in [-0.4, -0.2) is 28.1 Å². The van der Waals surface area contributed by atoms with Crippen LogP contribution >= 0.6 is 0 Å². The number of fused-ring (bicyclic) bond motifs is 7. The Labute approximate surface area is 206 Å². The lowest BCUT2D eigenvalue weighted by Crippen LogP contribution is -2.69. The average molecular weight is 471 g/mol. The highest BCUT2D eigenvalue weighted by molar-refractivity contribution is 5.85. The van der Waals surface area contributed by atoms with Gasteiger partial charge in [0.2, 0.25) is 0 Å². The van der Waals surface area contributed by atoms with Gasteiger partial charge in [0.25, 0.3) is 0 Å². The molecular weight excluding hydrogens is 424 g/mol. The number of ketones is 1. The summed E-state index contributed by atoms with van der Waals surface area (Å²) in [6, 6.07) is 0. The number of carbonyl (C=O) groups excluding carboxylic acids is 1. The molecule has 0 saturated heterocycles. The molecule has 34 heavy (non-hydrogen) atoms. The Balaban J connectivity index is 1.60. The Hall–Kier alpha value is -1.16. The number of carboxylic acids is 1. The number of aliphatic hydroxyl groups excluding tert-OH is 1. The van der Waals surface area contributed by atoms with E-state index >= 15 is 0 Å². The molecule has 0 amide bonds. The number of aliphatic carboxylic acids is 1. The zero-order valence-electron chi connectivity index (χ0n) is 22.2. The van der Waals surface area contributed by atoms with Crippen LogP contribution in [0.2, 0.25) is 0 Å². The molecule has 190 valence electrons. The van der Waals surface area contributed by atoms with Crippen molar-refractivity contribution in [2.45, 2.75) is 105 Å². The Morgan fingerprint density at radius 2 is 1.65 bits per heavy atom. The van der Waals surface area contributed by atoms with Gasteiger partial charge >= 0.3 is 5.97 Å². The van der Waals surface area contributed by atoms with Gasteiger partial charge in [-0.2, -0.15) is 0 Å². The lowest BCUT2D eigenvalue weighted by molar-refractivity contribution is -0.259. The lowest BCUT2D eigenvalue weighted by Gasteiger charge is -2.72. The molecule has 10 atom stereocenters. The SMILES string of the molecule is C=C(C)[C@@H]1CC[C@]2(C(=O)O)CC[C@]3(C)[C@H](CC[C@@H]4[C@@]5(C)CCC(=O)C(C)(C)[C@H]5[C@H](O)C[C@]43C)[C@@H]12. The van der Waals surface area contributed by atoms with Gasteiger partial charge in [-0.25, -0.2) is 0 Å². The fourth-order valence-electron chi connectivity index (χ4n) is 11.5. The van der Waals surface area contributed by atoms with Gasteiger partial charge in [0.1, 0.15) is 5.78 Å². The van der Waals surface area contributed by atoms with E-state index in [9.17, 15) is 19.8 Å². The molecule has 5 aliphatic rings. The van der Waals surface area contributed by atoms with Gasteiger partial charge in [0.15, 0.2) is 0 Å². The molecule has 5 rings (SSSR count). The fourth-order valence-corrected chi connectivity index (χ4v) is 11.5. The standard InChI is InChI=1S/C30H46O4/c1-17(2)18-10-13-30(25(33)34)15-14-28(6)19(23(18)30)8-9-21-27(5)12-11-22(32)26(3,4)24(27)20(31)16-29(21,28)7/h18-21,23-24,31H,1,8-16H2,2-7H3,(H,33,34)/t18-,19+,20+,21+,23+,24+,27+,28+,29+,30-/m0/s1. The summed E-state index contributed by atoms with van der Waals surface area (Å²) in [7, 11) is 0. The van der Waals surface area contributed by atoms with E-state index in [1.54, 1.807) is 0 Å². The Bertz CT molecular complexity index is 936. The minimum absolute atomic E-state index is 0.00387. The molecule has 0 aromatic carbocycles. The van der Waals surface area contributed by atoms with Crippen LogP contribution in [0, 0.1) is 56.7 Å². The van der Waals surface area contributed by atoms with Crippen LogP contribution in [-0.2, 0) is 9.59 Å². The average Bonchev–Trinajstić information content (AvgIpc) is 3.13. The van der Waals surface area contributed by atoms with Gasteiger partial charge in [-0.1, -0.05) is 46.8 Å². The van der Waals surface area contributed by atoms with Crippen LogP contribution in [0.5, 0.6) is 0 Å². The summed E-state index contributed by atoms with van der Waals surface area (Å²) in [6.45, 7) is 17.8. The molecular formula is C30H46O4. The molecule has 0 radical (unpaired) electrons. The third-order valence-electron chi connectivity index (χ3n) is 13.1. The van der Waals surface area contributed by atoms with Crippen LogP contribution in [0.3, 0.4) is 0 Å². The minimum Gasteiger partial charge on any atom is -0.481 e. The first kappa shape index (κ1) is 24.5. The van der Waals surface area contributed by atoms with Crippen molar-refractivity contribution in [3.63, 3.8) is 0 Å². The second kappa shape index (κ2) is 7.20. The topological polar surface area (TPSA) is 74.6 Å². The number of aliphatic hydroxyl groups is 1. The van der Waals surface area contributed by atoms with Gasteiger partial charge in [0, 0.05) is 17.8 Å². The maximum atomic E-state index is 12.9. The van der Waals surface area contributed by atoms with Crippen molar-refractivity contribution in [1.82, 2.24) is 0 Å². The minimum atomic E-state index is -0.615. The number of hydrogen-bond donors (Lipinski definition) is 2. The smallest absolute Gasteiger partial charge is 0.309 e. The van der Waals surface area contributed by atoms with E-state index in [-0.39, 0.29) is 34.0 Å². The van der Waals surface area contributed by atoms with E-state index in [0.717, 1.165) is 56.9 Å². The molecule has 0 heterocycles. The van der Waals surface area contributed by atoms with E-state index in [1.807, 2.05) is 0 Å². The highest BCUT2D eigenvalue weighted by atomic mass is 16.4. The van der Waals surface area contributed by atoms with Crippen LogP contribution in [0.4, 0.5) is 0 Å². The Kier molecular flexibility index (Phi) is 5.20. The fraction of sp³-hybridized carbons (Fsp3) is 0.867. The molecule has 0 bridgehead atoms. The molecule has 5 saturated carbocycles. The zero-order chi connectivity index (χ0) is 25.1. The summed E-state index contributed by atoms with van der Waals surface area (Å²) < 4.78 is 0.